The van der Waals surface area contributed by atoms with Crippen LogP contribution >= 0.6 is 0 Å². The first kappa shape index (κ1) is 13.5. The molecule has 4 unspecified atom stereocenters. The van der Waals surface area contributed by atoms with E-state index in [1.807, 2.05) is 12.4 Å². The van der Waals surface area contributed by atoms with Crippen molar-refractivity contribution in [3.05, 3.63) is 30.1 Å². The fourth-order valence-electron chi connectivity index (χ4n) is 2.91. The normalized spacial score (nSPS) is 28.2. The minimum Gasteiger partial charge on any atom is -0.326 e. The molecule has 1 saturated heterocycles. The number of hydrogen-bond acceptors (Lipinski definition) is 3. The molecule has 0 aliphatic carbocycles. The van der Waals surface area contributed by atoms with E-state index in [1.165, 1.54) is 5.56 Å². The van der Waals surface area contributed by atoms with Gasteiger partial charge in [0.15, 0.2) is 0 Å². The van der Waals surface area contributed by atoms with Crippen molar-refractivity contribution >= 4 is 0 Å². The van der Waals surface area contributed by atoms with E-state index in [4.69, 9.17) is 5.73 Å². The fourth-order valence-corrected chi connectivity index (χ4v) is 2.91. The van der Waals surface area contributed by atoms with Crippen molar-refractivity contribution in [2.75, 3.05) is 13.1 Å². The summed E-state index contributed by atoms with van der Waals surface area (Å²) in [6, 6.07) is 4.75. The first-order valence-corrected chi connectivity index (χ1v) is 7.03. The molecule has 4 atom stereocenters. The summed E-state index contributed by atoms with van der Waals surface area (Å²) in [6.07, 6.45) is 4.74. The Morgan fingerprint density at radius 1 is 1.28 bits per heavy atom. The second-order valence-electron chi connectivity index (χ2n) is 5.71. The van der Waals surface area contributed by atoms with Crippen LogP contribution in [0, 0.1) is 11.8 Å². The molecule has 1 aliphatic heterocycles. The third kappa shape index (κ3) is 2.73. The molecule has 3 nitrogen and oxygen atoms in total. The Hall–Kier alpha value is -0.930. The number of pyridine rings is 1. The molecule has 0 aromatic carbocycles. The summed E-state index contributed by atoms with van der Waals surface area (Å²) in [4.78, 5) is 6.66. The second-order valence-corrected chi connectivity index (χ2v) is 5.71. The van der Waals surface area contributed by atoms with E-state index >= 15 is 0 Å². The molecule has 0 spiro atoms. The highest BCUT2D eigenvalue weighted by molar-refractivity contribution is 5.18. The molecule has 1 aromatic heterocycles. The molecule has 0 amide bonds. The summed E-state index contributed by atoms with van der Waals surface area (Å²) >= 11 is 0. The van der Waals surface area contributed by atoms with Gasteiger partial charge in [0.2, 0.25) is 0 Å². The molecule has 100 valence electrons. The van der Waals surface area contributed by atoms with Crippen molar-refractivity contribution in [3.8, 4) is 0 Å². The zero-order valence-electron chi connectivity index (χ0n) is 11.7. The molecule has 0 saturated carbocycles. The van der Waals surface area contributed by atoms with Gasteiger partial charge in [-0.25, -0.2) is 0 Å². The van der Waals surface area contributed by atoms with E-state index < -0.39 is 0 Å². The van der Waals surface area contributed by atoms with E-state index in [0.29, 0.717) is 6.04 Å². The molecule has 2 N–H and O–H groups in total. The van der Waals surface area contributed by atoms with Crippen LogP contribution in [0.5, 0.6) is 0 Å². The van der Waals surface area contributed by atoms with Crippen LogP contribution in [-0.4, -0.2) is 29.0 Å². The van der Waals surface area contributed by atoms with Crippen LogP contribution < -0.4 is 5.73 Å². The maximum absolute atomic E-state index is 6.36. The zero-order valence-corrected chi connectivity index (χ0v) is 11.7. The molecule has 2 heterocycles. The van der Waals surface area contributed by atoms with Crippen LogP contribution in [0.4, 0.5) is 0 Å². The highest BCUT2D eigenvalue weighted by Gasteiger charge is 2.34. The summed E-state index contributed by atoms with van der Waals surface area (Å²) in [5.41, 5.74) is 7.66. The van der Waals surface area contributed by atoms with Crippen molar-refractivity contribution in [3.63, 3.8) is 0 Å². The lowest BCUT2D eigenvalue weighted by Crippen LogP contribution is -2.40. The lowest BCUT2D eigenvalue weighted by Gasteiger charge is -2.32. The van der Waals surface area contributed by atoms with Crippen molar-refractivity contribution in [1.82, 2.24) is 9.88 Å². The number of nitrogens with zero attached hydrogens (tertiary/aromatic N) is 2. The molecule has 1 aromatic rings. The molecule has 3 heteroatoms. The molecule has 18 heavy (non-hydrogen) atoms. The number of rotatable bonds is 4. The second kappa shape index (κ2) is 5.81. The van der Waals surface area contributed by atoms with Gasteiger partial charge in [0.25, 0.3) is 0 Å². The molecule has 1 aliphatic rings. The monoisotopic (exact) mass is 247 g/mol. The maximum atomic E-state index is 6.36. The SMILES string of the molecule is CCC(N)C(c1ccncc1)N1CC(C)C(C)C1. The average molecular weight is 247 g/mol. The lowest BCUT2D eigenvalue weighted by atomic mass is 9.97. The van der Waals surface area contributed by atoms with Crippen LogP contribution in [0.25, 0.3) is 0 Å². The van der Waals surface area contributed by atoms with Crippen LogP contribution in [0.3, 0.4) is 0 Å². The van der Waals surface area contributed by atoms with E-state index in [-0.39, 0.29) is 6.04 Å². The van der Waals surface area contributed by atoms with Gasteiger partial charge in [-0.15, -0.1) is 0 Å². The minimum atomic E-state index is 0.199. The lowest BCUT2D eigenvalue weighted by molar-refractivity contribution is 0.200. The van der Waals surface area contributed by atoms with E-state index in [1.54, 1.807) is 0 Å². The quantitative estimate of drug-likeness (QED) is 0.888. The largest absolute Gasteiger partial charge is 0.326 e. The van der Waals surface area contributed by atoms with Crippen molar-refractivity contribution < 1.29 is 0 Å². The van der Waals surface area contributed by atoms with Crippen LogP contribution in [0.1, 0.15) is 38.8 Å². The predicted molar refractivity (Wildman–Crippen MR) is 75.1 cm³/mol. The molecule has 0 bridgehead atoms. The van der Waals surface area contributed by atoms with Gasteiger partial charge in [-0.3, -0.25) is 9.88 Å². The summed E-state index contributed by atoms with van der Waals surface area (Å²) in [5.74, 6) is 1.52. The van der Waals surface area contributed by atoms with E-state index in [2.05, 4.69) is 42.8 Å². The molecule has 2 rings (SSSR count). The Morgan fingerprint density at radius 3 is 2.33 bits per heavy atom. The van der Waals surface area contributed by atoms with Gasteiger partial charge < -0.3 is 5.73 Å². The van der Waals surface area contributed by atoms with Crippen molar-refractivity contribution in [2.45, 2.75) is 39.3 Å². The van der Waals surface area contributed by atoms with E-state index in [0.717, 1.165) is 31.3 Å². The third-order valence-electron chi connectivity index (χ3n) is 4.33. The molecule has 0 radical (unpaired) electrons. The van der Waals surface area contributed by atoms with Crippen LogP contribution in [0.2, 0.25) is 0 Å². The topological polar surface area (TPSA) is 42.1 Å². The number of aromatic nitrogens is 1. The Kier molecular flexibility index (Phi) is 4.36. The number of likely N-dealkylation sites (tertiary alicyclic amines) is 1. The zero-order chi connectivity index (χ0) is 13.1. The van der Waals surface area contributed by atoms with Gasteiger partial charge >= 0.3 is 0 Å². The number of nitrogens with two attached hydrogens (primary N) is 1. The summed E-state index contributed by atoms with van der Waals surface area (Å²) in [6.45, 7) is 9.16. The van der Waals surface area contributed by atoms with Gasteiger partial charge in [0.05, 0.1) is 0 Å². The van der Waals surface area contributed by atoms with Gasteiger partial charge in [-0.05, 0) is 36.0 Å². The van der Waals surface area contributed by atoms with E-state index in [9.17, 15) is 0 Å². The Morgan fingerprint density at radius 2 is 1.83 bits per heavy atom. The summed E-state index contributed by atoms with van der Waals surface area (Å²) in [7, 11) is 0. The minimum absolute atomic E-state index is 0.199. The smallest absolute Gasteiger partial charge is 0.0500 e. The first-order chi connectivity index (χ1) is 8.63. The van der Waals surface area contributed by atoms with Crippen LogP contribution in [0.15, 0.2) is 24.5 Å². The standard InChI is InChI=1S/C15H25N3/c1-4-14(16)15(13-5-7-17-8-6-13)18-9-11(2)12(3)10-18/h5-8,11-12,14-15H,4,9-10,16H2,1-3H3. The van der Waals surface area contributed by atoms with Gasteiger partial charge in [0, 0.05) is 37.6 Å². The highest BCUT2D eigenvalue weighted by Crippen LogP contribution is 2.32. The van der Waals surface area contributed by atoms with Gasteiger partial charge in [-0.1, -0.05) is 20.8 Å². The Balaban J connectivity index is 2.21. The third-order valence-corrected chi connectivity index (χ3v) is 4.33. The van der Waals surface area contributed by atoms with Crippen molar-refractivity contribution in [1.29, 1.82) is 0 Å². The predicted octanol–water partition coefficient (Wildman–Crippen LogP) is 2.45. The fraction of sp³-hybridized carbons (Fsp3) is 0.667. The summed E-state index contributed by atoms with van der Waals surface area (Å²) < 4.78 is 0. The highest BCUT2D eigenvalue weighted by atomic mass is 15.2. The summed E-state index contributed by atoms with van der Waals surface area (Å²) in [5, 5.41) is 0. The molecular formula is C15H25N3. The van der Waals surface area contributed by atoms with Crippen molar-refractivity contribution in [2.24, 2.45) is 17.6 Å². The van der Waals surface area contributed by atoms with Gasteiger partial charge in [-0.2, -0.15) is 0 Å². The Labute approximate surface area is 110 Å². The molecular weight excluding hydrogens is 222 g/mol. The van der Waals surface area contributed by atoms with Gasteiger partial charge in [0.1, 0.15) is 0 Å². The number of hydrogen-bond donors (Lipinski definition) is 1. The molecule has 1 fully saturated rings. The average Bonchev–Trinajstić information content (AvgIpc) is 2.70. The van der Waals surface area contributed by atoms with Crippen LogP contribution in [-0.2, 0) is 0 Å². The first-order valence-electron chi connectivity index (χ1n) is 7.03. The maximum Gasteiger partial charge on any atom is 0.0500 e. The Bertz CT molecular complexity index is 355.